The van der Waals surface area contributed by atoms with Crippen molar-refractivity contribution in [1.29, 1.82) is 0 Å². The Morgan fingerprint density at radius 2 is 1.79 bits per heavy atom. The fourth-order valence-electron chi connectivity index (χ4n) is 1.71. The number of hydrogen-bond donors (Lipinski definition) is 1. The fourth-order valence-corrected chi connectivity index (χ4v) is 2.61. The number of aryl methyl sites for hydroxylation is 2. The zero-order chi connectivity index (χ0) is 13.8. The maximum atomic E-state index is 4.42. The first-order valence-electron chi connectivity index (χ1n) is 6.15. The highest BCUT2D eigenvalue weighted by molar-refractivity contribution is 7.99. The van der Waals surface area contributed by atoms with Crippen LogP contribution in [0.3, 0.4) is 0 Å². The molecule has 0 unspecified atom stereocenters. The molecular weight excluding hydrogens is 258 g/mol. The lowest BCUT2D eigenvalue weighted by Crippen LogP contribution is -2.03. The minimum absolute atomic E-state index is 0.724. The number of aromatic nitrogens is 4. The van der Waals surface area contributed by atoms with Crippen molar-refractivity contribution in [1.82, 2.24) is 19.9 Å². The Bertz CT molecular complexity index is 565. The molecule has 0 fully saturated rings. The van der Waals surface area contributed by atoms with Crippen LogP contribution in [0.2, 0.25) is 0 Å². The highest BCUT2D eigenvalue weighted by atomic mass is 32.2. The molecule has 0 aliphatic rings. The molecule has 2 heterocycles. The van der Waals surface area contributed by atoms with E-state index in [1.165, 1.54) is 11.8 Å². The molecule has 100 valence electrons. The quantitative estimate of drug-likeness (QED) is 0.684. The second-order valence-corrected chi connectivity index (χ2v) is 5.17. The first-order valence-corrected chi connectivity index (χ1v) is 6.97. The van der Waals surface area contributed by atoms with Gasteiger partial charge in [0, 0.05) is 23.5 Å². The summed E-state index contributed by atoms with van der Waals surface area (Å²) in [6.45, 7) is 8.82. The van der Waals surface area contributed by atoms with Crippen LogP contribution in [-0.2, 0) is 0 Å². The molecule has 0 radical (unpaired) electrons. The molecule has 0 aliphatic heterocycles. The average molecular weight is 275 g/mol. The molecule has 0 amide bonds. The summed E-state index contributed by atoms with van der Waals surface area (Å²) in [5.41, 5.74) is 2.96. The summed E-state index contributed by atoms with van der Waals surface area (Å²) in [6, 6.07) is 1.96. The Morgan fingerprint density at radius 3 is 2.42 bits per heavy atom. The van der Waals surface area contributed by atoms with Gasteiger partial charge in [-0.25, -0.2) is 19.9 Å². The molecule has 19 heavy (non-hydrogen) atoms. The molecule has 0 aromatic carbocycles. The van der Waals surface area contributed by atoms with E-state index in [4.69, 9.17) is 0 Å². The van der Waals surface area contributed by atoms with Crippen LogP contribution in [0.4, 0.5) is 5.82 Å². The topological polar surface area (TPSA) is 63.6 Å². The van der Waals surface area contributed by atoms with E-state index in [1.807, 2.05) is 33.8 Å². The summed E-state index contributed by atoms with van der Waals surface area (Å²) < 4.78 is 0. The van der Waals surface area contributed by atoms with Gasteiger partial charge in [-0.05, 0) is 45.5 Å². The van der Waals surface area contributed by atoms with Crippen molar-refractivity contribution in [3.05, 3.63) is 29.3 Å². The van der Waals surface area contributed by atoms with E-state index in [-0.39, 0.29) is 0 Å². The van der Waals surface area contributed by atoms with Crippen molar-refractivity contribution in [2.45, 2.75) is 37.9 Å². The standard InChI is InChI=1S/C13H17N5S/c1-5-14-11-10(4)12(16-7-15-11)19-13-17-8(2)6-9(3)18-13/h6-7H,5H2,1-4H3,(H,14,15,16). The molecule has 0 saturated carbocycles. The van der Waals surface area contributed by atoms with Gasteiger partial charge in [-0.15, -0.1) is 0 Å². The van der Waals surface area contributed by atoms with Crippen LogP contribution in [0.15, 0.2) is 22.6 Å². The smallest absolute Gasteiger partial charge is 0.194 e. The predicted molar refractivity (Wildman–Crippen MR) is 76.6 cm³/mol. The minimum atomic E-state index is 0.724. The SMILES string of the molecule is CCNc1ncnc(Sc2nc(C)cc(C)n2)c1C. The highest BCUT2D eigenvalue weighted by Gasteiger charge is 2.10. The summed E-state index contributed by atoms with van der Waals surface area (Å²) in [4.78, 5) is 17.4. The van der Waals surface area contributed by atoms with Crippen molar-refractivity contribution in [2.75, 3.05) is 11.9 Å². The largest absolute Gasteiger partial charge is 0.370 e. The van der Waals surface area contributed by atoms with Crippen molar-refractivity contribution in [3.8, 4) is 0 Å². The second-order valence-electron chi connectivity index (χ2n) is 4.22. The predicted octanol–water partition coefficient (Wildman–Crippen LogP) is 2.77. The molecule has 0 spiro atoms. The molecule has 5 nitrogen and oxygen atoms in total. The molecule has 0 bridgehead atoms. The molecular formula is C13H17N5S. The van der Waals surface area contributed by atoms with E-state index in [0.29, 0.717) is 0 Å². The molecule has 0 aliphatic carbocycles. The second kappa shape index (κ2) is 5.97. The molecule has 0 saturated heterocycles. The maximum Gasteiger partial charge on any atom is 0.194 e. The number of nitrogens with one attached hydrogen (secondary N) is 1. The molecule has 2 aromatic heterocycles. The maximum absolute atomic E-state index is 4.42. The van der Waals surface area contributed by atoms with Gasteiger partial charge in [0.2, 0.25) is 0 Å². The number of nitrogens with zero attached hydrogens (tertiary/aromatic N) is 4. The Hall–Kier alpha value is -1.69. The van der Waals surface area contributed by atoms with Gasteiger partial charge in [0.05, 0.1) is 0 Å². The van der Waals surface area contributed by atoms with Gasteiger partial charge in [0.1, 0.15) is 17.2 Å². The van der Waals surface area contributed by atoms with Gasteiger partial charge in [0.15, 0.2) is 5.16 Å². The number of rotatable bonds is 4. The Kier molecular flexibility index (Phi) is 4.31. The number of anilines is 1. The lowest BCUT2D eigenvalue weighted by atomic mass is 10.3. The van der Waals surface area contributed by atoms with Gasteiger partial charge in [0.25, 0.3) is 0 Å². The molecule has 6 heteroatoms. The number of hydrogen-bond acceptors (Lipinski definition) is 6. The first-order chi connectivity index (χ1) is 9.10. The van der Waals surface area contributed by atoms with E-state index in [0.717, 1.165) is 39.5 Å². The van der Waals surface area contributed by atoms with Crippen molar-refractivity contribution in [2.24, 2.45) is 0 Å². The van der Waals surface area contributed by atoms with Crippen LogP contribution >= 0.6 is 11.8 Å². The molecule has 2 rings (SSSR count). The van der Waals surface area contributed by atoms with Crippen molar-refractivity contribution < 1.29 is 0 Å². The summed E-state index contributed by atoms with van der Waals surface area (Å²) in [5.74, 6) is 0.865. The molecule has 1 N–H and O–H groups in total. The van der Waals surface area contributed by atoms with Crippen LogP contribution in [0.5, 0.6) is 0 Å². The average Bonchev–Trinajstić information content (AvgIpc) is 2.33. The van der Waals surface area contributed by atoms with Crippen LogP contribution in [0.1, 0.15) is 23.9 Å². The van der Waals surface area contributed by atoms with Crippen LogP contribution < -0.4 is 5.32 Å². The lowest BCUT2D eigenvalue weighted by molar-refractivity contribution is 0.894. The van der Waals surface area contributed by atoms with Gasteiger partial charge in [-0.2, -0.15) is 0 Å². The van der Waals surface area contributed by atoms with Crippen molar-refractivity contribution >= 4 is 17.6 Å². The summed E-state index contributed by atoms with van der Waals surface area (Å²) in [5, 5.41) is 4.83. The fraction of sp³-hybridized carbons (Fsp3) is 0.385. The van der Waals surface area contributed by atoms with E-state index in [1.54, 1.807) is 6.33 Å². The van der Waals surface area contributed by atoms with E-state index in [9.17, 15) is 0 Å². The lowest BCUT2D eigenvalue weighted by Gasteiger charge is -2.09. The minimum Gasteiger partial charge on any atom is -0.370 e. The molecule has 0 atom stereocenters. The third-order valence-corrected chi connectivity index (χ3v) is 3.50. The van der Waals surface area contributed by atoms with Gasteiger partial charge in [-0.3, -0.25) is 0 Å². The zero-order valence-electron chi connectivity index (χ0n) is 11.6. The summed E-state index contributed by atoms with van der Waals surface area (Å²) in [6.07, 6.45) is 1.57. The van der Waals surface area contributed by atoms with Crippen LogP contribution in [-0.4, -0.2) is 26.5 Å². The van der Waals surface area contributed by atoms with Crippen LogP contribution in [0, 0.1) is 20.8 Å². The van der Waals surface area contributed by atoms with E-state index in [2.05, 4.69) is 25.3 Å². The normalized spacial score (nSPS) is 10.5. The summed E-state index contributed by atoms with van der Waals surface area (Å²) in [7, 11) is 0. The van der Waals surface area contributed by atoms with E-state index < -0.39 is 0 Å². The van der Waals surface area contributed by atoms with E-state index >= 15 is 0 Å². The van der Waals surface area contributed by atoms with Crippen LogP contribution in [0.25, 0.3) is 0 Å². The zero-order valence-corrected chi connectivity index (χ0v) is 12.4. The highest BCUT2D eigenvalue weighted by Crippen LogP contribution is 2.28. The third-order valence-electron chi connectivity index (χ3n) is 2.53. The first kappa shape index (κ1) is 13.7. The Labute approximate surface area is 117 Å². The Balaban J connectivity index is 2.30. The van der Waals surface area contributed by atoms with Crippen molar-refractivity contribution in [3.63, 3.8) is 0 Å². The Morgan fingerprint density at radius 1 is 1.11 bits per heavy atom. The summed E-state index contributed by atoms with van der Waals surface area (Å²) >= 11 is 1.47. The van der Waals surface area contributed by atoms with Gasteiger partial charge in [-0.1, -0.05) is 0 Å². The monoisotopic (exact) mass is 275 g/mol. The third kappa shape index (κ3) is 3.41. The van der Waals surface area contributed by atoms with Gasteiger partial charge >= 0.3 is 0 Å². The molecule has 2 aromatic rings. The van der Waals surface area contributed by atoms with Gasteiger partial charge < -0.3 is 5.32 Å².